The van der Waals surface area contributed by atoms with E-state index in [1.54, 1.807) is 11.0 Å². The summed E-state index contributed by atoms with van der Waals surface area (Å²) in [5.74, 6) is -0.308. The first kappa shape index (κ1) is 27.6. The number of benzene rings is 4. The van der Waals surface area contributed by atoms with Gasteiger partial charge >= 0.3 is 0 Å². The number of rotatable bonds is 6. The molecule has 9 heteroatoms. The molecule has 4 aromatic carbocycles. The van der Waals surface area contributed by atoms with Crippen molar-refractivity contribution in [3.8, 4) is 0 Å². The summed E-state index contributed by atoms with van der Waals surface area (Å²) in [7, 11) is 0. The summed E-state index contributed by atoms with van der Waals surface area (Å²) >= 11 is 7.91. The molecule has 2 heterocycles. The van der Waals surface area contributed by atoms with Crippen LogP contribution in [0.15, 0.2) is 103 Å². The lowest BCUT2D eigenvalue weighted by Crippen LogP contribution is -2.48. The fraction of sp³-hybridized carbons (Fsp3) is 0.152. The van der Waals surface area contributed by atoms with Crippen LogP contribution in [0.5, 0.6) is 0 Å². The fourth-order valence-corrected chi connectivity index (χ4v) is 7.19. The minimum Gasteiger partial charge on any atom is -0.309 e. The Balaban J connectivity index is 1.43. The molecule has 1 aromatic heterocycles. The van der Waals surface area contributed by atoms with Crippen molar-refractivity contribution < 1.29 is 14.5 Å². The predicted molar refractivity (Wildman–Crippen MR) is 168 cm³/mol. The second-order valence-corrected chi connectivity index (χ2v) is 11.7. The number of nitro benzene ring substituents is 1. The molecule has 2 amide bonds. The maximum atomic E-state index is 14.5. The van der Waals surface area contributed by atoms with Gasteiger partial charge in [0.2, 0.25) is 5.91 Å². The zero-order valence-electron chi connectivity index (χ0n) is 22.6. The van der Waals surface area contributed by atoms with Gasteiger partial charge in [-0.05, 0) is 48.7 Å². The smallest absolute Gasteiger partial charge is 0.270 e. The van der Waals surface area contributed by atoms with Gasteiger partial charge in [0, 0.05) is 39.6 Å². The third kappa shape index (κ3) is 5.04. The van der Waals surface area contributed by atoms with E-state index >= 15 is 0 Å². The second kappa shape index (κ2) is 11.4. The number of thiophene rings is 1. The Hall–Kier alpha value is -4.53. The highest BCUT2D eigenvalue weighted by atomic mass is 35.5. The molecule has 2 atom stereocenters. The van der Waals surface area contributed by atoms with E-state index in [9.17, 15) is 19.7 Å². The van der Waals surface area contributed by atoms with E-state index in [1.807, 2.05) is 96.8 Å². The summed E-state index contributed by atoms with van der Waals surface area (Å²) in [5, 5.41) is 12.2. The molecule has 42 heavy (non-hydrogen) atoms. The Morgan fingerprint density at radius 1 is 0.976 bits per heavy atom. The number of anilines is 2. The quantitative estimate of drug-likeness (QED) is 0.146. The Bertz CT molecular complexity index is 1810. The Labute approximate surface area is 251 Å². The lowest BCUT2D eigenvalue weighted by molar-refractivity contribution is -0.384. The molecule has 0 N–H and O–H groups in total. The summed E-state index contributed by atoms with van der Waals surface area (Å²) in [6, 6.07) is 30.6. The number of non-ortho nitro benzene ring substituents is 1. The van der Waals surface area contributed by atoms with E-state index in [4.69, 9.17) is 11.6 Å². The number of halogens is 1. The molecule has 1 aliphatic rings. The molecule has 1 aliphatic heterocycles. The molecule has 0 spiro atoms. The van der Waals surface area contributed by atoms with E-state index in [1.165, 1.54) is 12.1 Å². The molecule has 6 rings (SSSR count). The van der Waals surface area contributed by atoms with Crippen LogP contribution in [0.3, 0.4) is 0 Å². The highest BCUT2D eigenvalue weighted by Crippen LogP contribution is 2.45. The minimum atomic E-state index is -0.462. The summed E-state index contributed by atoms with van der Waals surface area (Å²) in [6.07, 6.45) is 0.779. The number of para-hydroxylation sites is 2. The number of fused-ring (bicyclic) bond motifs is 2. The zero-order chi connectivity index (χ0) is 29.4. The maximum absolute atomic E-state index is 14.5. The highest BCUT2D eigenvalue weighted by molar-refractivity contribution is 7.21. The Morgan fingerprint density at radius 2 is 1.64 bits per heavy atom. The monoisotopic (exact) mass is 595 g/mol. The van der Waals surface area contributed by atoms with Crippen molar-refractivity contribution in [1.82, 2.24) is 0 Å². The van der Waals surface area contributed by atoms with E-state index in [0.717, 1.165) is 28.2 Å². The first-order chi connectivity index (χ1) is 20.3. The van der Waals surface area contributed by atoms with Crippen molar-refractivity contribution >= 4 is 61.9 Å². The second-order valence-electron chi connectivity index (χ2n) is 10.3. The Kier molecular flexibility index (Phi) is 7.49. The van der Waals surface area contributed by atoms with Crippen LogP contribution in [-0.2, 0) is 11.2 Å². The van der Waals surface area contributed by atoms with Crippen LogP contribution in [0.2, 0.25) is 5.02 Å². The van der Waals surface area contributed by atoms with Gasteiger partial charge in [-0.3, -0.25) is 24.6 Å². The minimum absolute atomic E-state index is 0.00803. The number of hydrogen-bond acceptors (Lipinski definition) is 5. The molecule has 0 bridgehead atoms. The van der Waals surface area contributed by atoms with Gasteiger partial charge in [0.05, 0.1) is 22.4 Å². The van der Waals surface area contributed by atoms with Gasteiger partial charge in [-0.15, -0.1) is 11.3 Å². The standard InChI is InChI=1S/C33H26ClN3O4S/c1-21-18-28(25-14-8-9-15-27(25)35(21)30(38)19-22-10-4-2-5-11-22)36(23-12-6-3-7-13-23)33(39)32-31(34)26-17-16-24(37(40)41)20-29(26)42-32/h2-17,20-21,28H,18-19H2,1H3/t21-,28-/m0/s1. The highest BCUT2D eigenvalue weighted by Gasteiger charge is 2.39. The van der Waals surface area contributed by atoms with E-state index < -0.39 is 4.92 Å². The number of nitrogens with zero attached hydrogens (tertiary/aromatic N) is 3. The molecular weight excluding hydrogens is 570 g/mol. The third-order valence-corrected chi connectivity index (χ3v) is 9.26. The lowest BCUT2D eigenvalue weighted by atomic mass is 9.89. The molecule has 5 aromatic rings. The van der Waals surface area contributed by atoms with Crippen molar-refractivity contribution in [3.05, 3.63) is 134 Å². The first-order valence-corrected chi connectivity index (χ1v) is 14.7. The van der Waals surface area contributed by atoms with Crippen molar-refractivity contribution in [2.45, 2.75) is 31.8 Å². The topological polar surface area (TPSA) is 83.8 Å². The number of hydrogen-bond donors (Lipinski definition) is 0. The van der Waals surface area contributed by atoms with Crippen molar-refractivity contribution in [2.24, 2.45) is 0 Å². The number of carbonyl (C=O) groups excluding carboxylic acids is 2. The van der Waals surface area contributed by atoms with Crippen molar-refractivity contribution in [3.63, 3.8) is 0 Å². The molecule has 0 saturated carbocycles. The summed E-state index contributed by atoms with van der Waals surface area (Å²) in [6.45, 7) is 2.00. The number of nitro groups is 1. The first-order valence-electron chi connectivity index (χ1n) is 13.5. The molecule has 210 valence electrons. The largest absolute Gasteiger partial charge is 0.309 e. The van der Waals surface area contributed by atoms with Crippen LogP contribution in [0.1, 0.15) is 40.2 Å². The van der Waals surface area contributed by atoms with Gasteiger partial charge in [0.25, 0.3) is 11.6 Å². The third-order valence-electron chi connectivity index (χ3n) is 7.61. The molecule has 0 radical (unpaired) electrons. The van der Waals surface area contributed by atoms with Gasteiger partial charge in [-0.25, -0.2) is 0 Å². The summed E-state index contributed by atoms with van der Waals surface area (Å²) in [4.78, 5) is 42.9. The normalized spacial score (nSPS) is 16.2. The van der Waals surface area contributed by atoms with Crippen LogP contribution < -0.4 is 9.80 Å². The SMILES string of the molecule is C[C@H]1C[C@H](N(C(=O)c2sc3cc([N+](=O)[O-])ccc3c2Cl)c2ccccc2)c2ccccc2N1C(=O)Cc1ccccc1. The van der Waals surface area contributed by atoms with E-state index in [-0.39, 0.29) is 41.0 Å². The fourth-order valence-electron chi connectivity index (χ4n) is 5.70. The van der Waals surface area contributed by atoms with Gasteiger partial charge in [-0.1, -0.05) is 78.3 Å². The van der Waals surface area contributed by atoms with E-state index in [2.05, 4.69) is 0 Å². The van der Waals surface area contributed by atoms with Crippen LogP contribution in [0.4, 0.5) is 17.1 Å². The molecule has 0 unspecified atom stereocenters. The lowest BCUT2D eigenvalue weighted by Gasteiger charge is -2.43. The van der Waals surface area contributed by atoms with Gasteiger partial charge in [0.15, 0.2) is 0 Å². The average Bonchev–Trinajstić information content (AvgIpc) is 3.33. The molecule has 0 fully saturated rings. The average molecular weight is 596 g/mol. The zero-order valence-corrected chi connectivity index (χ0v) is 24.2. The maximum Gasteiger partial charge on any atom is 0.270 e. The van der Waals surface area contributed by atoms with Crippen molar-refractivity contribution in [1.29, 1.82) is 0 Å². The van der Waals surface area contributed by atoms with E-state index in [0.29, 0.717) is 27.1 Å². The van der Waals surface area contributed by atoms with Crippen molar-refractivity contribution in [2.75, 3.05) is 9.80 Å². The number of amides is 2. The van der Waals surface area contributed by atoms with Crippen LogP contribution in [-0.4, -0.2) is 22.8 Å². The predicted octanol–water partition coefficient (Wildman–Crippen LogP) is 8.22. The molecule has 0 saturated heterocycles. The molecule has 7 nitrogen and oxygen atoms in total. The summed E-state index contributed by atoms with van der Waals surface area (Å²) < 4.78 is 0.570. The van der Waals surface area contributed by atoms with Gasteiger partial charge in [-0.2, -0.15) is 0 Å². The van der Waals surface area contributed by atoms with Crippen LogP contribution in [0.25, 0.3) is 10.1 Å². The summed E-state index contributed by atoms with van der Waals surface area (Å²) in [5.41, 5.74) is 3.21. The van der Waals surface area contributed by atoms with Gasteiger partial charge in [0.1, 0.15) is 4.88 Å². The van der Waals surface area contributed by atoms with Gasteiger partial charge < -0.3 is 4.90 Å². The molecular formula is C33H26ClN3O4S. The Morgan fingerprint density at radius 3 is 2.36 bits per heavy atom. The van der Waals surface area contributed by atoms with Crippen LogP contribution in [0, 0.1) is 10.1 Å². The van der Waals surface area contributed by atoms with Crippen LogP contribution >= 0.6 is 22.9 Å². The number of carbonyl (C=O) groups is 2. The molecule has 0 aliphatic carbocycles.